The van der Waals surface area contributed by atoms with Crippen molar-refractivity contribution in [2.75, 3.05) is 5.32 Å². The lowest BCUT2D eigenvalue weighted by molar-refractivity contribution is -0.267. The third-order valence-corrected chi connectivity index (χ3v) is 2.08. The standard InChI is InChI=1S/C8H4BrF5N2O/c9-4-1-2-5(15-3-4)16-6(17)7(10,11)8(12,13)14/h1-3H,(H,15,16,17). The molecule has 0 saturated heterocycles. The molecule has 0 radical (unpaired) electrons. The van der Waals surface area contributed by atoms with E-state index in [1.807, 2.05) is 0 Å². The van der Waals surface area contributed by atoms with Crippen molar-refractivity contribution >= 4 is 27.7 Å². The number of nitrogens with zero attached hydrogens (tertiary/aromatic N) is 1. The van der Waals surface area contributed by atoms with Crippen LogP contribution in [0.5, 0.6) is 0 Å². The van der Waals surface area contributed by atoms with Gasteiger partial charge in [-0.3, -0.25) is 4.79 Å². The first-order valence-electron chi connectivity index (χ1n) is 4.02. The lowest BCUT2D eigenvalue weighted by atomic mass is 10.3. The zero-order valence-corrected chi connectivity index (χ0v) is 9.44. The van der Waals surface area contributed by atoms with E-state index >= 15 is 0 Å². The van der Waals surface area contributed by atoms with Crippen molar-refractivity contribution in [2.24, 2.45) is 0 Å². The first-order valence-corrected chi connectivity index (χ1v) is 4.81. The van der Waals surface area contributed by atoms with E-state index in [2.05, 4.69) is 20.9 Å². The summed E-state index contributed by atoms with van der Waals surface area (Å²) < 4.78 is 61.0. The highest BCUT2D eigenvalue weighted by Crippen LogP contribution is 2.36. The van der Waals surface area contributed by atoms with E-state index in [1.165, 1.54) is 11.4 Å². The molecule has 1 aromatic heterocycles. The number of alkyl halides is 5. The fraction of sp³-hybridized carbons (Fsp3) is 0.250. The molecule has 1 amide bonds. The van der Waals surface area contributed by atoms with E-state index < -0.39 is 23.8 Å². The Bertz CT molecular complexity index is 417. The molecule has 0 aromatic carbocycles. The molecule has 0 fully saturated rings. The second kappa shape index (κ2) is 4.55. The zero-order valence-electron chi connectivity index (χ0n) is 7.86. The summed E-state index contributed by atoms with van der Waals surface area (Å²) in [4.78, 5) is 14.2. The summed E-state index contributed by atoms with van der Waals surface area (Å²) in [5.74, 6) is -8.33. The van der Waals surface area contributed by atoms with Crippen LogP contribution in [0.3, 0.4) is 0 Å². The van der Waals surface area contributed by atoms with Gasteiger partial charge in [-0.2, -0.15) is 22.0 Å². The second-order valence-electron chi connectivity index (χ2n) is 2.89. The Balaban J connectivity index is 2.83. The van der Waals surface area contributed by atoms with Crippen LogP contribution >= 0.6 is 15.9 Å². The number of carbonyl (C=O) groups excluding carboxylic acids is 1. The first kappa shape index (κ1) is 13.8. The minimum Gasteiger partial charge on any atom is -0.305 e. The Hall–Kier alpha value is -1.25. The zero-order chi connectivity index (χ0) is 13.3. The van der Waals surface area contributed by atoms with E-state index in [-0.39, 0.29) is 0 Å². The van der Waals surface area contributed by atoms with Gasteiger partial charge in [-0.15, -0.1) is 0 Å². The molecule has 17 heavy (non-hydrogen) atoms. The average Bonchev–Trinajstić information content (AvgIpc) is 2.19. The molecule has 9 heteroatoms. The van der Waals surface area contributed by atoms with Crippen LogP contribution in [-0.2, 0) is 4.79 Å². The van der Waals surface area contributed by atoms with E-state index in [9.17, 15) is 26.7 Å². The van der Waals surface area contributed by atoms with Gasteiger partial charge in [0.1, 0.15) is 5.82 Å². The highest BCUT2D eigenvalue weighted by atomic mass is 79.9. The van der Waals surface area contributed by atoms with Crippen molar-refractivity contribution in [2.45, 2.75) is 12.1 Å². The summed E-state index contributed by atoms with van der Waals surface area (Å²) in [5.41, 5.74) is 0. The van der Waals surface area contributed by atoms with E-state index in [0.29, 0.717) is 4.47 Å². The Morgan fingerprint density at radius 2 is 1.82 bits per heavy atom. The number of amides is 1. The third-order valence-electron chi connectivity index (χ3n) is 1.61. The van der Waals surface area contributed by atoms with E-state index in [4.69, 9.17) is 0 Å². The molecule has 94 valence electrons. The number of nitrogens with one attached hydrogen (secondary N) is 1. The fourth-order valence-corrected chi connectivity index (χ4v) is 1.01. The number of hydrogen-bond donors (Lipinski definition) is 1. The summed E-state index contributed by atoms with van der Waals surface area (Å²) in [7, 11) is 0. The number of carbonyl (C=O) groups is 1. The van der Waals surface area contributed by atoms with Gasteiger partial charge < -0.3 is 5.32 Å². The van der Waals surface area contributed by atoms with Gasteiger partial charge in [-0.1, -0.05) is 0 Å². The van der Waals surface area contributed by atoms with Crippen molar-refractivity contribution < 1.29 is 26.7 Å². The van der Waals surface area contributed by atoms with Gasteiger partial charge in [-0.05, 0) is 28.1 Å². The van der Waals surface area contributed by atoms with Crippen LogP contribution in [0.1, 0.15) is 0 Å². The minimum absolute atomic E-state index is 0.401. The van der Waals surface area contributed by atoms with Gasteiger partial charge in [-0.25, -0.2) is 4.98 Å². The van der Waals surface area contributed by atoms with Gasteiger partial charge in [0.05, 0.1) is 0 Å². The summed E-state index contributed by atoms with van der Waals surface area (Å²) in [6.07, 6.45) is -4.80. The molecule has 0 aliphatic heterocycles. The van der Waals surface area contributed by atoms with Crippen LogP contribution in [-0.4, -0.2) is 23.0 Å². The summed E-state index contributed by atoms with van der Waals surface area (Å²) >= 11 is 2.98. The lowest BCUT2D eigenvalue weighted by Gasteiger charge is -2.18. The molecule has 0 atom stereocenters. The molecule has 3 nitrogen and oxygen atoms in total. The van der Waals surface area contributed by atoms with Gasteiger partial charge >= 0.3 is 18.0 Å². The predicted molar refractivity (Wildman–Crippen MR) is 51.6 cm³/mol. The molecule has 0 aliphatic rings. The number of pyridine rings is 1. The Kier molecular flexibility index (Phi) is 3.70. The quantitative estimate of drug-likeness (QED) is 0.852. The lowest BCUT2D eigenvalue weighted by Crippen LogP contribution is -2.47. The Morgan fingerprint density at radius 3 is 2.24 bits per heavy atom. The van der Waals surface area contributed by atoms with Crippen molar-refractivity contribution in [3.63, 3.8) is 0 Å². The molecular weight excluding hydrogens is 315 g/mol. The van der Waals surface area contributed by atoms with Crippen LogP contribution in [0, 0.1) is 0 Å². The van der Waals surface area contributed by atoms with E-state index in [1.54, 1.807) is 0 Å². The molecule has 0 bridgehead atoms. The molecular formula is C8H4BrF5N2O. The third kappa shape index (κ3) is 3.11. The van der Waals surface area contributed by atoms with Gasteiger partial charge in [0.25, 0.3) is 0 Å². The van der Waals surface area contributed by atoms with Crippen LogP contribution in [0.15, 0.2) is 22.8 Å². The van der Waals surface area contributed by atoms with Gasteiger partial charge in [0.15, 0.2) is 0 Å². The molecule has 0 aliphatic carbocycles. The Labute approximate surface area is 100 Å². The van der Waals surface area contributed by atoms with Crippen LogP contribution in [0.2, 0.25) is 0 Å². The van der Waals surface area contributed by atoms with E-state index in [0.717, 1.165) is 12.3 Å². The van der Waals surface area contributed by atoms with Crippen LogP contribution in [0.4, 0.5) is 27.8 Å². The highest BCUT2D eigenvalue weighted by molar-refractivity contribution is 9.10. The molecule has 1 heterocycles. The van der Waals surface area contributed by atoms with Gasteiger partial charge in [0.2, 0.25) is 0 Å². The summed E-state index contributed by atoms with van der Waals surface area (Å²) in [5, 5.41) is 1.38. The van der Waals surface area contributed by atoms with Crippen molar-refractivity contribution in [3.8, 4) is 0 Å². The smallest absolute Gasteiger partial charge is 0.305 e. The van der Waals surface area contributed by atoms with Crippen molar-refractivity contribution in [1.82, 2.24) is 4.98 Å². The largest absolute Gasteiger partial charge is 0.463 e. The molecule has 1 rings (SSSR count). The number of hydrogen-bond acceptors (Lipinski definition) is 2. The number of anilines is 1. The highest BCUT2D eigenvalue weighted by Gasteiger charge is 2.63. The normalized spacial score (nSPS) is 12.4. The van der Waals surface area contributed by atoms with Crippen molar-refractivity contribution in [3.05, 3.63) is 22.8 Å². The maximum Gasteiger partial charge on any atom is 0.463 e. The average molecular weight is 319 g/mol. The second-order valence-corrected chi connectivity index (χ2v) is 3.80. The summed E-state index contributed by atoms with van der Waals surface area (Å²) in [6, 6.07) is 2.41. The SMILES string of the molecule is O=C(Nc1ccc(Br)cn1)C(F)(F)C(F)(F)F. The maximum atomic E-state index is 12.5. The first-order chi connectivity index (χ1) is 7.64. The number of rotatable bonds is 2. The Morgan fingerprint density at radius 1 is 1.24 bits per heavy atom. The van der Waals surface area contributed by atoms with Crippen LogP contribution < -0.4 is 5.32 Å². The molecule has 0 spiro atoms. The minimum atomic E-state index is -5.94. The van der Waals surface area contributed by atoms with Crippen molar-refractivity contribution in [1.29, 1.82) is 0 Å². The fourth-order valence-electron chi connectivity index (χ4n) is 0.773. The monoisotopic (exact) mass is 318 g/mol. The predicted octanol–water partition coefficient (Wildman–Crippen LogP) is 2.98. The summed E-state index contributed by atoms with van der Waals surface area (Å²) in [6.45, 7) is 0. The topological polar surface area (TPSA) is 42.0 Å². The molecule has 0 saturated carbocycles. The number of halogens is 6. The molecule has 1 aromatic rings. The van der Waals surface area contributed by atoms with Crippen LogP contribution in [0.25, 0.3) is 0 Å². The maximum absolute atomic E-state index is 12.5. The van der Waals surface area contributed by atoms with Gasteiger partial charge in [0, 0.05) is 10.7 Å². The molecule has 1 N–H and O–H groups in total. The number of aromatic nitrogens is 1. The molecule has 0 unspecified atom stereocenters.